The number of methoxy groups -OCH3 is 1. The Labute approximate surface area is 114 Å². The zero-order chi connectivity index (χ0) is 13.7. The second-order valence-corrected chi connectivity index (χ2v) is 5.12. The van der Waals surface area contributed by atoms with E-state index >= 15 is 0 Å². The summed E-state index contributed by atoms with van der Waals surface area (Å²) in [6.07, 6.45) is 5.56. The maximum atomic E-state index is 9.14. The van der Waals surface area contributed by atoms with E-state index in [-0.39, 0.29) is 0 Å². The molecule has 1 atom stereocenters. The molecule has 1 aliphatic rings. The summed E-state index contributed by atoms with van der Waals surface area (Å²) in [7, 11) is 1.65. The van der Waals surface area contributed by atoms with Crippen LogP contribution in [0, 0.1) is 0 Å². The van der Waals surface area contributed by atoms with Gasteiger partial charge in [0.2, 0.25) is 0 Å². The van der Waals surface area contributed by atoms with E-state index in [0.717, 1.165) is 36.3 Å². The van der Waals surface area contributed by atoms with Gasteiger partial charge >= 0.3 is 0 Å². The number of hydrogen-bond acceptors (Lipinski definition) is 4. The molecule has 3 N–H and O–H groups in total. The number of aliphatic hydroxyl groups excluding tert-OH is 1. The van der Waals surface area contributed by atoms with E-state index < -0.39 is 6.23 Å². The first-order valence-electron chi connectivity index (χ1n) is 6.96. The topological polar surface area (TPSA) is 64.7 Å². The quantitative estimate of drug-likeness (QED) is 0.774. The lowest BCUT2D eigenvalue weighted by molar-refractivity contribution is 0.172. The third kappa shape index (κ3) is 4.11. The van der Waals surface area contributed by atoms with Crippen molar-refractivity contribution >= 4 is 0 Å². The van der Waals surface area contributed by atoms with E-state index in [1.54, 1.807) is 7.11 Å². The molecule has 1 aromatic carbocycles. The van der Waals surface area contributed by atoms with Crippen molar-refractivity contribution < 1.29 is 14.6 Å². The van der Waals surface area contributed by atoms with E-state index in [4.69, 9.17) is 20.3 Å². The number of benzene rings is 1. The highest BCUT2D eigenvalue weighted by Gasteiger charge is 2.18. The average molecular weight is 265 g/mol. The Hall–Kier alpha value is -1.26. The van der Waals surface area contributed by atoms with Gasteiger partial charge in [-0.25, -0.2) is 0 Å². The molecule has 1 unspecified atom stereocenters. The molecule has 0 radical (unpaired) electrons. The van der Waals surface area contributed by atoms with Crippen LogP contribution in [-0.4, -0.2) is 24.5 Å². The van der Waals surface area contributed by atoms with Crippen molar-refractivity contribution in [3.63, 3.8) is 0 Å². The van der Waals surface area contributed by atoms with Gasteiger partial charge in [0, 0.05) is 0 Å². The van der Waals surface area contributed by atoms with Crippen molar-refractivity contribution in [2.75, 3.05) is 7.11 Å². The Kier molecular flexibility index (Phi) is 5.05. The molecule has 0 aromatic heterocycles. The molecule has 4 nitrogen and oxygen atoms in total. The minimum Gasteiger partial charge on any atom is -0.493 e. The number of nitrogens with two attached hydrogens (primary N) is 1. The van der Waals surface area contributed by atoms with E-state index in [1.165, 1.54) is 12.8 Å². The second-order valence-electron chi connectivity index (χ2n) is 5.12. The fourth-order valence-electron chi connectivity index (χ4n) is 2.47. The molecule has 106 valence electrons. The highest BCUT2D eigenvalue weighted by molar-refractivity contribution is 5.43. The third-order valence-electron chi connectivity index (χ3n) is 3.55. The molecular weight excluding hydrogens is 242 g/mol. The number of aliphatic hydroxyl groups is 1. The molecule has 2 rings (SSSR count). The van der Waals surface area contributed by atoms with Crippen LogP contribution in [0.3, 0.4) is 0 Å². The molecule has 19 heavy (non-hydrogen) atoms. The van der Waals surface area contributed by atoms with Gasteiger partial charge in [-0.3, -0.25) is 0 Å². The second kappa shape index (κ2) is 6.78. The lowest BCUT2D eigenvalue weighted by Crippen LogP contribution is -2.19. The van der Waals surface area contributed by atoms with Crippen molar-refractivity contribution in [2.45, 2.75) is 50.9 Å². The lowest BCUT2D eigenvalue weighted by Gasteiger charge is -2.17. The van der Waals surface area contributed by atoms with Crippen molar-refractivity contribution in [1.29, 1.82) is 0 Å². The maximum Gasteiger partial charge on any atom is 0.161 e. The summed E-state index contributed by atoms with van der Waals surface area (Å²) < 4.78 is 11.4. The van der Waals surface area contributed by atoms with Crippen LogP contribution in [0.25, 0.3) is 0 Å². The number of ether oxygens (including phenoxy) is 2. The molecule has 1 saturated carbocycles. The standard InChI is InChI=1S/C15H23NO3/c1-18-13-8-6-11(7-9-15(16)17)10-14(13)19-12-4-2-3-5-12/h6,8,10,12,15,17H,2-5,7,9,16H2,1H3. The van der Waals surface area contributed by atoms with Crippen molar-refractivity contribution in [1.82, 2.24) is 0 Å². The van der Waals surface area contributed by atoms with Gasteiger partial charge in [-0.2, -0.15) is 0 Å². The predicted molar refractivity (Wildman–Crippen MR) is 74.4 cm³/mol. The van der Waals surface area contributed by atoms with Crippen LogP contribution in [0.1, 0.15) is 37.7 Å². The number of rotatable bonds is 6. The van der Waals surface area contributed by atoms with Crippen molar-refractivity contribution in [3.8, 4) is 11.5 Å². The molecule has 0 heterocycles. The molecule has 0 aliphatic heterocycles. The van der Waals surface area contributed by atoms with E-state index in [9.17, 15) is 0 Å². The third-order valence-corrected chi connectivity index (χ3v) is 3.55. The van der Waals surface area contributed by atoms with Crippen LogP contribution in [-0.2, 0) is 6.42 Å². The van der Waals surface area contributed by atoms with Gasteiger partial charge in [0.1, 0.15) is 6.23 Å². The lowest BCUT2D eigenvalue weighted by atomic mass is 10.1. The first kappa shape index (κ1) is 14.2. The van der Waals surface area contributed by atoms with Crippen molar-refractivity contribution in [2.24, 2.45) is 5.73 Å². The fourth-order valence-corrected chi connectivity index (χ4v) is 2.47. The zero-order valence-electron chi connectivity index (χ0n) is 11.5. The van der Waals surface area contributed by atoms with Gasteiger partial charge in [-0.05, 0) is 56.2 Å². The Morgan fingerprint density at radius 1 is 1.32 bits per heavy atom. The summed E-state index contributed by atoms with van der Waals surface area (Å²) in [6, 6.07) is 5.91. The summed E-state index contributed by atoms with van der Waals surface area (Å²) >= 11 is 0. The summed E-state index contributed by atoms with van der Waals surface area (Å²) in [5, 5.41) is 9.14. The van der Waals surface area contributed by atoms with Crippen LogP contribution >= 0.6 is 0 Å². The summed E-state index contributed by atoms with van der Waals surface area (Å²) in [5.41, 5.74) is 6.48. The Morgan fingerprint density at radius 2 is 2.05 bits per heavy atom. The molecule has 1 fully saturated rings. The molecule has 4 heteroatoms. The van der Waals surface area contributed by atoms with E-state index in [1.807, 2.05) is 18.2 Å². The van der Waals surface area contributed by atoms with Gasteiger partial charge < -0.3 is 20.3 Å². The van der Waals surface area contributed by atoms with Crippen LogP contribution in [0.15, 0.2) is 18.2 Å². The smallest absolute Gasteiger partial charge is 0.161 e. The summed E-state index contributed by atoms with van der Waals surface area (Å²) in [4.78, 5) is 0. The fraction of sp³-hybridized carbons (Fsp3) is 0.600. The van der Waals surface area contributed by atoms with E-state index in [2.05, 4.69) is 0 Å². The Balaban J connectivity index is 2.06. The zero-order valence-corrected chi connectivity index (χ0v) is 11.5. The highest BCUT2D eigenvalue weighted by atomic mass is 16.5. The monoisotopic (exact) mass is 265 g/mol. The van der Waals surface area contributed by atoms with Gasteiger partial charge in [0.15, 0.2) is 11.5 Å². The van der Waals surface area contributed by atoms with Crippen molar-refractivity contribution in [3.05, 3.63) is 23.8 Å². The average Bonchev–Trinajstić information content (AvgIpc) is 2.89. The minimum atomic E-state index is -0.763. The normalized spacial score (nSPS) is 17.4. The molecule has 1 aromatic rings. The van der Waals surface area contributed by atoms with E-state index in [0.29, 0.717) is 12.5 Å². The van der Waals surface area contributed by atoms with Gasteiger partial charge in [-0.15, -0.1) is 0 Å². The SMILES string of the molecule is COc1ccc(CCC(N)O)cc1OC1CCCC1. The van der Waals surface area contributed by atoms with Gasteiger partial charge in [0.05, 0.1) is 13.2 Å². The summed E-state index contributed by atoms with van der Waals surface area (Å²) in [5.74, 6) is 1.57. The largest absolute Gasteiger partial charge is 0.493 e. The molecule has 0 saturated heterocycles. The first-order chi connectivity index (χ1) is 9.19. The van der Waals surface area contributed by atoms with Gasteiger partial charge in [0.25, 0.3) is 0 Å². The molecule has 0 bridgehead atoms. The molecular formula is C15H23NO3. The number of hydrogen-bond donors (Lipinski definition) is 2. The maximum absolute atomic E-state index is 9.14. The number of aryl methyl sites for hydroxylation is 1. The Bertz CT molecular complexity index is 400. The highest BCUT2D eigenvalue weighted by Crippen LogP contribution is 2.32. The van der Waals surface area contributed by atoms with Crippen LogP contribution in [0.2, 0.25) is 0 Å². The predicted octanol–water partition coefficient (Wildman–Crippen LogP) is 2.23. The Morgan fingerprint density at radius 3 is 2.68 bits per heavy atom. The first-order valence-corrected chi connectivity index (χ1v) is 6.96. The molecule has 0 amide bonds. The van der Waals surface area contributed by atoms with Crippen LogP contribution in [0.5, 0.6) is 11.5 Å². The summed E-state index contributed by atoms with van der Waals surface area (Å²) in [6.45, 7) is 0. The van der Waals surface area contributed by atoms with Crippen LogP contribution < -0.4 is 15.2 Å². The molecule has 0 spiro atoms. The van der Waals surface area contributed by atoms with Gasteiger partial charge in [-0.1, -0.05) is 6.07 Å². The minimum absolute atomic E-state index is 0.309. The molecule has 1 aliphatic carbocycles. The van der Waals surface area contributed by atoms with Crippen LogP contribution in [0.4, 0.5) is 0 Å².